The molecule has 0 aromatic heterocycles. The van der Waals surface area contributed by atoms with Crippen LogP contribution < -0.4 is 5.43 Å². The molecule has 2 aromatic rings. The first-order valence-corrected chi connectivity index (χ1v) is 4.66. The molecule has 0 heterocycles. The van der Waals surface area contributed by atoms with Crippen molar-refractivity contribution in [2.24, 2.45) is 0 Å². The van der Waals surface area contributed by atoms with Crippen LogP contribution in [-0.2, 0) is 0 Å². The maximum atomic E-state index is 11.3. The standard InChI is InChI=1S/C13H10O2/c14-11-7-4-8-13(15)12(9-11)10-5-2-1-3-6-10/h1-9,15H. The number of benzene rings is 1. The monoisotopic (exact) mass is 198 g/mol. The average molecular weight is 198 g/mol. The van der Waals surface area contributed by atoms with Crippen LogP contribution in [0.25, 0.3) is 11.1 Å². The highest BCUT2D eigenvalue weighted by atomic mass is 16.3. The van der Waals surface area contributed by atoms with E-state index < -0.39 is 0 Å². The van der Waals surface area contributed by atoms with Crippen molar-refractivity contribution in [2.45, 2.75) is 0 Å². The van der Waals surface area contributed by atoms with Gasteiger partial charge in [-0.2, -0.15) is 0 Å². The molecule has 15 heavy (non-hydrogen) atoms. The van der Waals surface area contributed by atoms with Gasteiger partial charge in [-0.25, -0.2) is 0 Å². The lowest BCUT2D eigenvalue weighted by atomic mass is 10.1. The van der Waals surface area contributed by atoms with Gasteiger partial charge < -0.3 is 5.11 Å². The lowest BCUT2D eigenvalue weighted by Crippen LogP contribution is -1.90. The molecular weight excluding hydrogens is 188 g/mol. The van der Waals surface area contributed by atoms with E-state index in [-0.39, 0.29) is 11.2 Å². The summed E-state index contributed by atoms with van der Waals surface area (Å²) >= 11 is 0. The second kappa shape index (κ2) is 3.96. The zero-order valence-corrected chi connectivity index (χ0v) is 8.05. The minimum Gasteiger partial charge on any atom is -0.507 e. The Kier molecular flexibility index (Phi) is 2.50. The molecule has 0 saturated heterocycles. The Balaban J connectivity index is 2.69. The topological polar surface area (TPSA) is 37.3 Å². The molecule has 2 nitrogen and oxygen atoms in total. The van der Waals surface area contributed by atoms with E-state index in [1.165, 1.54) is 18.2 Å². The van der Waals surface area contributed by atoms with Crippen molar-refractivity contribution in [3.8, 4) is 16.9 Å². The molecule has 0 unspecified atom stereocenters. The summed E-state index contributed by atoms with van der Waals surface area (Å²) in [5.41, 5.74) is 1.28. The zero-order chi connectivity index (χ0) is 10.7. The second-order valence-electron chi connectivity index (χ2n) is 3.24. The summed E-state index contributed by atoms with van der Waals surface area (Å²) < 4.78 is 0. The normalized spacial score (nSPS) is 9.87. The molecule has 0 aliphatic carbocycles. The van der Waals surface area contributed by atoms with E-state index in [0.29, 0.717) is 5.56 Å². The van der Waals surface area contributed by atoms with E-state index in [4.69, 9.17) is 0 Å². The first kappa shape index (κ1) is 9.46. The first-order chi connectivity index (χ1) is 7.27. The fourth-order valence-corrected chi connectivity index (χ4v) is 1.44. The van der Waals surface area contributed by atoms with Gasteiger partial charge in [0.05, 0.1) is 0 Å². The minimum atomic E-state index is -0.117. The molecule has 0 bridgehead atoms. The van der Waals surface area contributed by atoms with Crippen molar-refractivity contribution >= 4 is 0 Å². The third kappa shape index (κ3) is 2.05. The van der Waals surface area contributed by atoms with Gasteiger partial charge in [0.25, 0.3) is 0 Å². The Morgan fingerprint density at radius 1 is 0.867 bits per heavy atom. The Bertz CT molecular complexity index is 518. The summed E-state index contributed by atoms with van der Waals surface area (Å²) in [5, 5.41) is 9.71. The summed E-state index contributed by atoms with van der Waals surface area (Å²) in [6.45, 7) is 0. The number of hydrogen-bond donors (Lipinski definition) is 1. The van der Waals surface area contributed by atoms with E-state index in [9.17, 15) is 9.90 Å². The van der Waals surface area contributed by atoms with E-state index in [1.807, 2.05) is 30.3 Å². The molecule has 2 heteroatoms. The van der Waals surface area contributed by atoms with Crippen LogP contribution in [-0.4, -0.2) is 5.11 Å². The number of aromatic hydroxyl groups is 1. The van der Waals surface area contributed by atoms with Crippen LogP contribution in [0, 0.1) is 0 Å². The van der Waals surface area contributed by atoms with Gasteiger partial charge in [0.15, 0.2) is 5.43 Å². The largest absolute Gasteiger partial charge is 0.507 e. The Labute approximate surface area is 87.5 Å². The third-order valence-electron chi connectivity index (χ3n) is 2.16. The predicted octanol–water partition coefficient (Wildman–Crippen LogP) is 2.42. The lowest BCUT2D eigenvalue weighted by molar-refractivity contribution is 0.478. The molecule has 0 radical (unpaired) electrons. The molecule has 0 spiro atoms. The van der Waals surface area contributed by atoms with Gasteiger partial charge in [0, 0.05) is 5.56 Å². The molecular formula is C13H10O2. The van der Waals surface area contributed by atoms with Crippen LogP contribution >= 0.6 is 0 Å². The smallest absolute Gasteiger partial charge is 0.179 e. The van der Waals surface area contributed by atoms with E-state index >= 15 is 0 Å². The highest BCUT2D eigenvalue weighted by Crippen LogP contribution is 2.25. The second-order valence-corrected chi connectivity index (χ2v) is 3.24. The Hall–Kier alpha value is -2.09. The highest BCUT2D eigenvalue weighted by Gasteiger charge is 2.01. The van der Waals surface area contributed by atoms with Crippen molar-refractivity contribution in [2.75, 3.05) is 0 Å². The SMILES string of the molecule is O=c1cccc(O)c(-c2ccccc2)c1. The Morgan fingerprint density at radius 3 is 2.33 bits per heavy atom. The molecule has 74 valence electrons. The van der Waals surface area contributed by atoms with Gasteiger partial charge in [-0.15, -0.1) is 0 Å². The molecule has 2 aromatic carbocycles. The van der Waals surface area contributed by atoms with Crippen LogP contribution in [0.15, 0.2) is 59.4 Å². The van der Waals surface area contributed by atoms with E-state index in [0.717, 1.165) is 5.56 Å². The van der Waals surface area contributed by atoms with Gasteiger partial charge in [-0.3, -0.25) is 4.79 Å². The lowest BCUT2D eigenvalue weighted by Gasteiger charge is -1.99. The highest BCUT2D eigenvalue weighted by molar-refractivity contribution is 5.69. The van der Waals surface area contributed by atoms with E-state index in [1.54, 1.807) is 6.07 Å². The zero-order valence-electron chi connectivity index (χ0n) is 8.05. The van der Waals surface area contributed by atoms with Gasteiger partial charge >= 0.3 is 0 Å². The molecule has 0 amide bonds. The summed E-state index contributed by atoms with van der Waals surface area (Å²) in [6, 6.07) is 15.3. The molecule has 1 N–H and O–H groups in total. The summed E-state index contributed by atoms with van der Waals surface area (Å²) in [6.07, 6.45) is 0. The molecule has 0 fully saturated rings. The summed E-state index contributed by atoms with van der Waals surface area (Å²) in [7, 11) is 0. The fraction of sp³-hybridized carbons (Fsp3) is 0. The number of hydrogen-bond acceptors (Lipinski definition) is 2. The van der Waals surface area contributed by atoms with Crippen molar-refractivity contribution in [1.29, 1.82) is 0 Å². The maximum absolute atomic E-state index is 11.3. The quantitative estimate of drug-likeness (QED) is 0.764. The van der Waals surface area contributed by atoms with Crippen LogP contribution in [0.2, 0.25) is 0 Å². The van der Waals surface area contributed by atoms with E-state index in [2.05, 4.69) is 0 Å². The molecule has 0 saturated carbocycles. The van der Waals surface area contributed by atoms with Crippen LogP contribution in [0.5, 0.6) is 5.75 Å². The molecule has 2 rings (SSSR count). The van der Waals surface area contributed by atoms with Crippen LogP contribution in [0.4, 0.5) is 0 Å². The van der Waals surface area contributed by atoms with Gasteiger partial charge in [-0.1, -0.05) is 36.4 Å². The van der Waals surface area contributed by atoms with Gasteiger partial charge in [0.1, 0.15) is 5.75 Å². The third-order valence-corrected chi connectivity index (χ3v) is 2.16. The van der Waals surface area contributed by atoms with Crippen molar-refractivity contribution in [3.63, 3.8) is 0 Å². The molecule has 0 atom stereocenters. The summed E-state index contributed by atoms with van der Waals surface area (Å²) in [4.78, 5) is 11.3. The number of rotatable bonds is 1. The summed E-state index contributed by atoms with van der Waals surface area (Å²) in [5.74, 6) is 0.114. The van der Waals surface area contributed by atoms with Crippen molar-refractivity contribution in [1.82, 2.24) is 0 Å². The Morgan fingerprint density at radius 2 is 1.60 bits per heavy atom. The van der Waals surface area contributed by atoms with Crippen molar-refractivity contribution < 1.29 is 5.11 Å². The van der Waals surface area contributed by atoms with Gasteiger partial charge in [0.2, 0.25) is 0 Å². The first-order valence-electron chi connectivity index (χ1n) is 4.66. The molecule has 0 aliphatic heterocycles. The molecule has 0 aliphatic rings. The van der Waals surface area contributed by atoms with Crippen LogP contribution in [0.1, 0.15) is 0 Å². The minimum absolute atomic E-state index is 0.114. The predicted molar refractivity (Wildman–Crippen MR) is 59.8 cm³/mol. The van der Waals surface area contributed by atoms with Crippen molar-refractivity contribution in [3.05, 3.63) is 64.8 Å². The van der Waals surface area contributed by atoms with Crippen LogP contribution in [0.3, 0.4) is 0 Å². The average Bonchev–Trinajstić information content (AvgIpc) is 2.42. The maximum Gasteiger partial charge on any atom is 0.179 e. The van der Waals surface area contributed by atoms with Gasteiger partial charge in [-0.05, 0) is 23.8 Å². The fourth-order valence-electron chi connectivity index (χ4n) is 1.44.